The predicted molar refractivity (Wildman–Crippen MR) is 85.8 cm³/mol. The fourth-order valence-corrected chi connectivity index (χ4v) is 2.10. The van der Waals surface area contributed by atoms with E-state index < -0.39 is 0 Å². The van der Waals surface area contributed by atoms with Gasteiger partial charge in [0.2, 0.25) is 0 Å². The number of rotatable bonds is 8. The van der Waals surface area contributed by atoms with E-state index in [4.69, 9.17) is 4.74 Å². The van der Waals surface area contributed by atoms with E-state index in [-0.39, 0.29) is 24.9 Å². The molecular weight excluding hydrogens is 292 g/mol. The molecule has 7 heteroatoms. The van der Waals surface area contributed by atoms with Gasteiger partial charge in [0, 0.05) is 30.9 Å². The Bertz CT molecular complexity index is 448. The summed E-state index contributed by atoms with van der Waals surface area (Å²) in [7, 11) is 4.03. The van der Waals surface area contributed by atoms with Crippen LogP contribution >= 0.6 is 12.4 Å². The van der Waals surface area contributed by atoms with Gasteiger partial charge < -0.3 is 15.0 Å². The number of hydrogen-bond acceptors (Lipinski definition) is 5. The second-order valence-corrected chi connectivity index (χ2v) is 4.95. The number of esters is 1. The number of ether oxygens (including phenoxy) is 1. The first-order chi connectivity index (χ1) is 9.49. The Morgan fingerprint density at radius 2 is 2.10 bits per heavy atom. The molecule has 0 aliphatic carbocycles. The lowest BCUT2D eigenvalue weighted by Gasteiger charge is -2.16. The molecule has 0 unspecified atom stereocenters. The molecule has 0 atom stereocenters. The first-order valence-electron chi connectivity index (χ1n) is 7.01. The average molecular weight is 319 g/mol. The van der Waals surface area contributed by atoms with Gasteiger partial charge in [-0.15, -0.1) is 12.4 Å². The van der Waals surface area contributed by atoms with Crippen LogP contribution in [0.4, 0.5) is 0 Å². The first-order valence-corrected chi connectivity index (χ1v) is 7.01. The number of carbonyl (C=O) groups is 1. The molecule has 1 aromatic heterocycles. The standard InChI is InChI=1S/C14H26N4O2.ClH/c1-6-20-14(19)10-18-12(3)13(11(2)16-18)9-17(5)8-7-15-4;/h15H,6-10H2,1-5H3;1H. The van der Waals surface area contributed by atoms with Gasteiger partial charge in [-0.3, -0.25) is 9.48 Å². The molecule has 21 heavy (non-hydrogen) atoms. The zero-order valence-corrected chi connectivity index (χ0v) is 14.4. The lowest BCUT2D eigenvalue weighted by molar-refractivity contribution is -0.144. The Kier molecular flexibility index (Phi) is 9.24. The number of hydrogen-bond donors (Lipinski definition) is 1. The topological polar surface area (TPSA) is 59.4 Å². The molecule has 0 aromatic carbocycles. The summed E-state index contributed by atoms with van der Waals surface area (Å²) in [5, 5.41) is 7.57. The lowest BCUT2D eigenvalue weighted by atomic mass is 10.2. The predicted octanol–water partition coefficient (Wildman–Crippen LogP) is 1.14. The van der Waals surface area contributed by atoms with Gasteiger partial charge in [-0.25, -0.2) is 0 Å². The average Bonchev–Trinajstić information content (AvgIpc) is 2.64. The van der Waals surface area contributed by atoms with Crippen molar-refractivity contribution in [3.63, 3.8) is 0 Å². The van der Waals surface area contributed by atoms with Crippen LogP contribution in [-0.2, 0) is 22.6 Å². The van der Waals surface area contributed by atoms with E-state index in [0.717, 1.165) is 31.0 Å². The summed E-state index contributed by atoms with van der Waals surface area (Å²) in [5.41, 5.74) is 3.20. The maximum atomic E-state index is 11.5. The van der Waals surface area contributed by atoms with Crippen molar-refractivity contribution < 1.29 is 9.53 Å². The molecule has 0 radical (unpaired) electrons. The van der Waals surface area contributed by atoms with Gasteiger partial charge in [-0.05, 0) is 34.9 Å². The first kappa shape index (κ1) is 19.9. The van der Waals surface area contributed by atoms with Gasteiger partial charge in [0.1, 0.15) is 6.54 Å². The van der Waals surface area contributed by atoms with E-state index in [1.54, 1.807) is 11.6 Å². The van der Waals surface area contributed by atoms with Crippen LogP contribution in [0.15, 0.2) is 0 Å². The van der Waals surface area contributed by atoms with Crippen LogP contribution in [0.2, 0.25) is 0 Å². The number of nitrogens with one attached hydrogen (secondary N) is 1. The molecule has 0 spiro atoms. The summed E-state index contributed by atoms with van der Waals surface area (Å²) >= 11 is 0. The normalized spacial score (nSPS) is 10.6. The van der Waals surface area contributed by atoms with Crippen LogP contribution in [0.25, 0.3) is 0 Å². The second-order valence-electron chi connectivity index (χ2n) is 4.95. The molecule has 1 N–H and O–H groups in total. The minimum Gasteiger partial charge on any atom is -0.465 e. The summed E-state index contributed by atoms with van der Waals surface area (Å²) in [5.74, 6) is -0.242. The van der Waals surface area contributed by atoms with Crippen molar-refractivity contribution >= 4 is 18.4 Å². The highest BCUT2D eigenvalue weighted by atomic mass is 35.5. The molecule has 0 saturated heterocycles. The van der Waals surface area contributed by atoms with Gasteiger partial charge in [0.05, 0.1) is 12.3 Å². The number of carbonyl (C=O) groups excluding carboxylic acids is 1. The van der Waals surface area contributed by atoms with E-state index >= 15 is 0 Å². The molecule has 0 aliphatic heterocycles. The Labute approximate surface area is 133 Å². The fraction of sp³-hybridized carbons (Fsp3) is 0.714. The van der Waals surface area contributed by atoms with Crippen LogP contribution in [0.1, 0.15) is 23.9 Å². The Morgan fingerprint density at radius 1 is 1.43 bits per heavy atom. The number of aromatic nitrogens is 2. The van der Waals surface area contributed by atoms with Crippen molar-refractivity contribution in [2.24, 2.45) is 0 Å². The molecule has 1 aromatic rings. The van der Waals surface area contributed by atoms with Crippen molar-refractivity contribution in [2.75, 3.05) is 33.8 Å². The summed E-state index contributed by atoms with van der Waals surface area (Å²) in [6.45, 7) is 9.13. The zero-order valence-electron chi connectivity index (χ0n) is 13.6. The van der Waals surface area contributed by atoms with Gasteiger partial charge in [-0.1, -0.05) is 0 Å². The van der Waals surface area contributed by atoms with Gasteiger partial charge in [-0.2, -0.15) is 5.10 Å². The van der Waals surface area contributed by atoms with Crippen LogP contribution < -0.4 is 5.32 Å². The van der Waals surface area contributed by atoms with Gasteiger partial charge in [0.15, 0.2) is 0 Å². The molecule has 0 fully saturated rings. The summed E-state index contributed by atoms with van der Waals surface area (Å²) in [6.07, 6.45) is 0. The van der Waals surface area contributed by atoms with E-state index in [1.807, 2.05) is 20.9 Å². The highest BCUT2D eigenvalue weighted by molar-refractivity contribution is 5.85. The number of nitrogens with zero attached hydrogens (tertiary/aromatic N) is 3. The third-order valence-electron chi connectivity index (χ3n) is 3.29. The SMILES string of the molecule is CCOC(=O)Cn1nc(C)c(CN(C)CCNC)c1C.Cl. The Morgan fingerprint density at radius 3 is 2.67 bits per heavy atom. The van der Waals surface area contributed by atoms with Crippen molar-refractivity contribution in [2.45, 2.75) is 33.9 Å². The molecule has 0 saturated carbocycles. The van der Waals surface area contributed by atoms with E-state index in [0.29, 0.717) is 6.61 Å². The fourth-order valence-electron chi connectivity index (χ4n) is 2.10. The number of aryl methyl sites for hydroxylation is 1. The summed E-state index contributed by atoms with van der Waals surface area (Å²) in [4.78, 5) is 13.8. The van der Waals surface area contributed by atoms with Crippen LogP contribution in [0.5, 0.6) is 0 Å². The molecule has 1 heterocycles. The number of halogens is 1. The molecule has 0 aliphatic rings. The molecule has 0 amide bonds. The molecular formula is C14H27ClN4O2. The summed E-state index contributed by atoms with van der Waals surface area (Å²) in [6, 6.07) is 0. The smallest absolute Gasteiger partial charge is 0.327 e. The van der Waals surface area contributed by atoms with E-state index in [2.05, 4.69) is 22.4 Å². The third-order valence-corrected chi connectivity index (χ3v) is 3.29. The largest absolute Gasteiger partial charge is 0.465 e. The molecule has 122 valence electrons. The minimum absolute atomic E-state index is 0. The lowest BCUT2D eigenvalue weighted by Crippen LogP contribution is -2.27. The van der Waals surface area contributed by atoms with Gasteiger partial charge in [0.25, 0.3) is 0 Å². The highest BCUT2D eigenvalue weighted by Crippen LogP contribution is 2.15. The maximum absolute atomic E-state index is 11.5. The summed E-state index contributed by atoms with van der Waals surface area (Å²) < 4.78 is 6.70. The monoisotopic (exact) mass is 318 g/mol. The van der Waals surface area contributed by atoms with Crippen molar-refractivity contribution in [1.29, 1.82) is 0 Å². The maximum Gasteiger partial charge on any atom is 0.327 e. The minimum atomic E-state index is -0.242. The molecule has 0 bridgehead atoms. The van der Waals surface area contributed by atoms with Crippen molar-refractivity contribution in [3.8, 4) is 0 Å². The van der Waals surface area contributed by atoms with E-state index in [1.165, 1.54) is 5.56 Å². The second kappa shape index (κ2) is 9.76. The molecule has 6 nitrogen and oxygen atoms in total. The molecule has 1 rings (SSSR count). The van der Waals surface area contributed by atoms with Crippen molar-refractivity contribution in [1.82, 2.24) is 20.0 Å². The Balaban J connectivity index is 0.00000400. The van der Waals surface area contributed by atoms with Crippen molar-refractivity contribution in [3.05, 3.63) is 17.0 Å². The van der Waals surface area contributed by atoms with E-state index in [9.17, 15) is 4.79 Å². The Hall–Kier alpha value is -1.11. The van der Waals surface area contributed by atoms with Crippen LogP contribution in [0, 0.1) is 13.8 Å². The zero-order chi connectivity index (χ0) is 15.1. The van der Waals surface area contributed by atoms with Gasteiger partial charge >= 0.3 is 5.97 Å². The van der Waals surface area contributed by atoms with Crippen LogP contribution in [-0.4, -0.2) is 54.4 Å². The van der Waals surface area contributed by atoms with Crippen LogP contribution in [0.3, 0.4) is 0 Å². The highest BCUT2D eigenvalue weighted by Gasteiger charge is 2.15. The number of likely N-dealkylation sites (N-methyl/N-ethyl adjacent to an activating group) is 2. The third kappa shape index (κ3) is 6.03. The quantitative estimate of drug-likeness (QED) is 0.728.